The first-order valence-electron chi connectivity index (χ1n) is 6.19. The maximum absolute atomic E-state index is 8.37. The molecule has 2 N–H and O–H groups in total. The van der Waals surface area contributed by atoms with Crippen molar-refractivity contribution in [2.45, 2.75) is 6.92 Å². The van der Waals surface area contributed by atoms with Crippen molar-refractivity contribution in [3.05, 3.63) is 53.7 Å². The van der Waals surface area contributed by atoms with Crippen LogP contribution in [0.1, 0.15) is 18.1 Å². The molecule has 0 amide bonds. The van der Waals surface area contributed by atoms with E-state index in [4.69, 9.17) is 10.1 Å². The molecule has 98 valence electrons. The first-order chi connectivity index (χ1) is 9.27. The molecule has 19 heavy (non-hydrogen) atoms. The monoisotopic (exact) mass is 255 g/mol. The highest BCUT2D eigenvalue weighted by molar-refractivity contribution is 6.15. The Labute approximate surface area is 113 Å². The standard InChI is InChI=1S/C15H17N3O/c1-3-17-15-12(8-6-10-18-15)14(16)11-7-4-5-9-13(11)19-2/h4-10,16H,3H2,1-2H3,(H,17,18). The zero-order valence-corrected chi connectivity index (χ0v) is 11.1. The second-order valence-corrected chi connectivity index (χ2v) is 4.01. The molecule has 0 unspecified atom stereocenters. The molecule has 0 saturated heterocycles. The summed E-state index contributed by atoms with van der Waals surface area (Å²) >= 11 is 0. The Hall–Kier alpha value is -2.36. The number of nitrogens with zero attached hydrogens (tertiary/aromatic N) is 1. The zero-order chi connectivity index (χ0) is 13.7. The molecule has 0 radical (unpaired) electrons. The van der Waals surface area contributed by atoms with Gasteiger partial charge in [-0.05, 0) is 31.2 Å². The molecular formula is C15H17N3O. The normalized spacial score (nSPS) is 10.0. The second kappa shape index (κ2) is 6.00. The summed E-state index contributed by atoms with van der Waals surface area (Å²) in [5, 5.41) is 11.5. The van der Waals surface area contributed by atoms with E-state index < -0.39 is 0 Å². The van der Waals surface area contributed by atoms with Crippen LogP contribution >= 0.6 is 0 Å². The molecule has 0 aliphatic carbocycles. The van der Waals surface area contributed by atoms with Gasteiger partial charge in [-0.1, -0.05) is 12.1 Å². The predicted molar refractivity (Wildman–Crippen MR) is 77.3 cm³/mol. The van der Waals surface area contributed by atoms with Crippen LogP contribution in [0.2, 0.25) is 0 Å². The molecule has 0 spiro atoms. The number of hydrogen-bond acceptors (Lipinski definition) is 4. The summed E-state index contributed by atoms with van der Waals surface area (Å²) in [4.78, 5) is 4.28. The van der Waals surface area contributed by atoms with Crippen molar-refractivity contribution in [1.29, 1.82) is 5.41 Å². The van der Waals surface area contributed by atoms with Gasteiger partial charge in [0.05, 0.1) is 12.8 Å². The lowest BCUT2D eigenvalue weighted by Gasteiger charge is -2.13. The summed E-state index contributed by atoms with van der Waals surface area (Å²) in [6, 6.07) is 11.2. The van der Waals surface area contributed by atoms with Gasteiger partial charge in [0.2, 0.25) is 0 Å². The molecule has 1 aromatic heterocycles. The number of aromatic nitrogens is 1. The third-order valence-electron chi connectivity index (χ3n) is 2.80. The molecule has 2 rings (SSSR count). The van der Waals surface area contributed by atoms with Crippen molar-refractivity contribution < 1.29 is 4.74 Å². The summed E-state index contributed by atoms with van der Waals surface area (Å²) in [6.45, 7) is 2.77. The van der Waals surface area contributed by atoms with Gasteiger partial charge in [-0.25, -0.2) is 4.98 Å². The smallest absolute Gasteiger partial charge is 0.135 e. The Bertz CT molecular complexity index is 581. The van der Waals surface area contributed by atoms with Gasteiger partial charge >= 0.3 is 0 Å². The fourth-order valence-corrected chi connectivity index (χ4v) is 1.91. The third-order valence-corrected chi connectivity index (χ3v) is 2.80. The maximum atomic E-state index is 8.37. The van der Waals surface area contributed by atoms with Crippen LogP contribution in [0.25, 0.3) is 0 Å². The molecule has 4 heteroatoms. The summed E-state index contributed by atoms with van der Waals surface area (Å²) in [5.74, 6) is 1.42. The third kappa shape index (κ3) is 2.73. The van der Waals surface area contributed by atoms with E-state index in [0.29, 0.717) is 11.5 Å². The molecule has 1 heterocycles. The Morgan fingerprint density at radius 2 is 1.95 bits per heavy atom. The van der Waals surface area contributed by atoms with Crippen molar-refractivity contribution >= 4 is 11.5 Å². The van der Waals surface area contributed by atoms with Crippen LogP contribution in [0.5, 0.6) is 5.75 Å². The van der Waals surface area contributed by atoms with Crippen LogP contribution in [0.3, 0.4) is 0 Å². The lowest BCUT2D eigenvalue weighted by molar-refractivity contribution is 0.414. The highest BCUT2D eigenvalue weighted by atomic mass is 16.5. The molecule has 1 aromatic carbocycles. The molecule has 4 nitrogen and oxygen atoms in total. The second-order valence-electron chi connectivity index (χ2n) is 4.01. The van der Waals surface area contributed by atoms with Gasteiger partial charge < -0.3 is 10.1 Å². The number of rotatable bonds is 5. The first kappa shape index (κ1) is 13.1. The van der Waals surface area contributed by atoms with E-state index in [1.807, 2.05) is 43.3 Å². The number of para-hydroxylation sites is 1. The summed E-state index contributed by atoms with van der Waals surface area (Å²) in [6.07, 6.45) is 1.72. The van der Waals surface area contributed by atoms with E-state index in [1.165, 1.54) is 0 Å². The zero-order valence-electron chi connectivity index (χ0n) is 11.1. The van der Waals surface area contributed by atoms with Gasteiger partial charge in [0.25, 0.3) is 0 Å². The number of benzene rings is 1. The summed E-state index contributed by atoms with van der Waals surface area (Å²) in [7, 11) is 1.61. The van der Waals surface area contributed by atoms with Gasteiger partial charge in [0.15, 0.2) is 0 Å². The molecule has 0 aliphatic heterocycles. The van der Waals surface area contributed by atoms with Crippen LogP contribution in [-0.2, 0) is 0 Å². The number of pyridine rings is 1. The van der Waals surface area contributed by atoms with E-state index in [-0.39, 0.29) is 0 Å². The number of ether oxygens (including phenoxy) is 1. The van der Waals surface area contributed by atoms with Crippen LogP contribution in [-0.4, -0.2) is 24.4 Å². The topological polar surface area (TPSA) is 58.0 Å². The van der Waals surface area contributed by atoms with Crippen molar-refractivity contribution in [3.63, 3.8) is 0 Å². The van der Waals surface area contributed by atoms with Crippen molar-refractivity contribution in [2.24, 2.45) is 0 Å². The number of methoxy groups -OCH3 is 1. The lowest BCUT2D eigenvalue weighted by Crippen LogP contribution is -2.10. The van der Waals surface area contributed by atoms with E-state index in [9.17, 15) is 0 Å². The molecule has 0 atom stereocenters. The fourth-order valence-electron chi connectivity index (χ4n) is 1.91. The lowest BCUT2D eigenvalue weighted by atomic mass is 10.0. The Kier molecular flexibility index (Phi) is 4.13. The molecule has 0 bridgehead atoms. The maximum Gasteiger partial charge on any atom is 0.135 e. The summed E-state index contributed by atoms with van der Waals surface area (Å²) < 4.78 is 5.31. The highest BCUT2D eigenvalue weighted by Gasteiger charge is 2.13. The Morgan fingerprint density at radius 1 is 1.21 bits per heavy atom. The Morgan fingerprint density at radius 3 is 2.68 bits per heavy atom. The van der Waals surface area contributed by atoms with Gasteiger partial charge in [0.1, 0.15) is 11.6 Å². The quantitative estimate of drug-likeness (QED) is 0.808. The minimum Gasteiger partial charge on any atom is -0.496 e. The van der Waals surface area contributed by atoms with E-state index in [0.717, 1.165) is 23.5 Å². The number of hydrogen-bond donors (Lipinski definition) is 2. The largest absolute Gasteiger partial charge is 0.496 e. The SMILES string of the molecule is CCNc1ncccc1C(=N)c1ccccc1OC. The highest BCUT2D eigenvalue weighted by Crippen LogP contribution is 2.23. The van der Waals surface area contributed by atoms with E-state index in [1.54, 1.807) is 13.3 Å². The average molecular weight is 255 g/mol. The number of nitrogens with one attached hydrogen (secondary N) is 2. The molecule has 0 saturated carbocycles. The van der Waals surface area contributed by atoms with Crippen LogP contribution in [0, 0.1) is 5.41 Å². The van der Waals surface area contributed by atoms with Gasteiger partial charge in [-0.2, -0.15) is 0 Å². The Balaban J connectivity index is 2.44. The van der Waals surface area contributed by atoms with Crippen LogP contribution in [0.4, 0.5) is 5.82 Å². The first-order valence-corrected chi connectivity index (χ1v) is 6.19. The van der Waals surface area contributed by atoms with Crippen LogP contribution < -0.4 is 10.1 Å². The predicted octanol–water partition coefficient (Wildman–Crippen LogP) is 2.94. The van der Waals surface area contributed by atoms with Crippen molar-refractivity contribution in [3.8, 4) is 5.75 Å². The minimum absolute atomic E-state index is 0.404. The average Bonchev–Trinajstić information content (AvgIpc) is 2.47. The van der Waals surface area contributed by atoms with Crippen molar-refractivity contribution in [2.75, 3.05) is 19.0 Å². The minimum atomic E-state index is 0.404. The van der Waals surface area contributed by atoms with Gasteiger partial charge in [-0.15, -0.1) is 0 Å². The fraction of sp³-hybridized carbons (Fsp3) is 0.200. The molecular weight excluding hydrogens is 238 g/mol. The van der Waals surface area contributed by atoms with E-state index >= 15 is 0 Å². The summed E-state index contributed by atoms with van der Waals surface area (Å²) in [5.41, 5.74) is 1.94. The van der Waals surface area contributed by atoms with Gasteiger partial charge in [0, 0.05) is 23.9 Å². The van der Waals surface area contributed by atoms with Gasteiger partial charge in [-0.3, -0.25) is 5.41 Å². The van der Waals surface area contributed by atoms with E-state index in [2.05, 4.69) is 10.3 Å². The van der Waals surface area contributed by atoms with Crippen molar-refractivity contribution in [1.82, 2.24) is 4.98 Å². The van der Waals surface area contributed by atoms with Crippen LogP contribution in [0.15, 0.2) is 42.6 Å². The molecule has 0 fully saturated rings. The molecule has 2 aromatic rings. The number of anilines is 1. The molecule has 0 aliphatic rings.